The number of hydrogen-bond donors (Lipinski definition) is 3. The van der Waals surface area contributed by atoms with Crippen LogP contribution >= 0.6 is 23.2 Å². The molecular formula is C14H19Cl2N3O. The Balaban J connectivity index is 1.89. The van der Waals surface area contributed by atoms with Gasteiger partial charge < -0.3 is 16.0 Å². The summed E-state index contributed by atoms with van der Waals surface area (Å²) in [5.41, 5.74) is 0.519. The van der Waals surface area contributed by atoms with Gasteiger partial charge in [-0.1, -0.05) is 23.2 Å². The smallest absolute Gasteiger partial charge is 0.319 e. The largest absolute Gasteiger partial charge is 0.335 e. The Morgan fingerprint density at radius 1 is 1.45 bits per heavy atom. The third-order valence-corrected chi connectivity index (χ3v) is 4.14. The zero-order chi connectivity index (χ0) is 14.5. The molecule has 1 fully saturated rings. The molecule has 3 N–H and O–H groups in total. The Bertz CT molecular complexity index is 475. The van der Waals surface area contributed by atoms with Crippen molar-refractivity contribution in [3.8, 4) is 0 Å². The van der Waals surface area contributed by atoms with E-state index in [0.29, 0.717) is 21.7 Å². The maximum absolute atomic E-state index is 12.0. The van der Waals surface area contributed by atoms with Crippen LogP contribution in [0, 0.1) is 5.92 Å². The Labute approximate surface area is 129 Å². The molecule has 0 radical (unpaired) electrons. The van der Waals surface area contributed by atoms with E-state index in [9.17, 15) is 4.79 Å². The van der Waals surface area contributed by atoms with E-state index in [4.69, 9.17) is 23.2 Å². The second-order valence-corrected chi connectivity index (χ2v) is 5.96. The molecule has 6 heteroatoms. The zero-order valence-electron chi connectivity index (χ0n) is 11.4. The highest BCUT2D eigenvalue weighted by molar-refractivity contribution is 6.35. The van der Waals surface area contributed by atoms with Crippen molar-refractivity contribution in [2.75, 3.05) is 18.4 Å². The minimum atomic E-state index is -0.257. The molecule has 2 unspecified atom stereocenters. The van der Waals surface area contributed by atoms with E-state index in [-0.39, 0.29) is 12.1 Å². The monoisotopic (exact) mass is 315 g/mol. The number of carbonyl (C=O) groups excluding carboxylic acids is 1. The van der Waals surface area contributed by atoms with E-state index in [1.807, 2.05) is 6.92 Å². The summed E-state index contributed by atoms with van der Waals surface area (Å²) < 4.78 is 0. The molecule has 0 saturated carbocycles. The van der Waals surface area contributed by atoms with Crippen molar-refractivity contribution in [3.05, 3.63) is 28.2 Å². The molecule has 1 heterocycles. The van der Waals surface area contributed by atoms with Crippen molar-refractivity contribution < 1.29 is 4.79 Å². The normalized spacial score (nSPS) is 20.2. The summed E-state index contributed by atoms with van der Waals surface area (Å²) in [5.74, 6) is 0.462. The van der Waals surface area contributed by atoms with Gasteiger partial charge in [-0.3, -0.25) is 0 Å². The lowest BCUT2D eigenvalue weighted by atomic mass is 9.93. The van der Waals surface area contributed by atoms with E-state index < -0.39 is 0 Å². The Morgan fingerprint density at radius 2 is 2.25 bits per heavy atom. The predicted molar refractivity (Wildman–Crippen MR) is 83.7 cm³/mol. The van der Waals surface area contributed by atoms with Crippen LogP contribution in [-0.4, -0.2) is 25.2 Å². The number of anilines is 1. The van der Waals surface area contributed by atoms with Gasteiger partial charge in [0.25, 0.3) is 0 Å². The van der Waals surface area contributed by atoms with Gasteiger partial charge in [-0.25, -0.2) is 4.79 Å². The molecule has 1 saturated heterocycles. The predicted octanol–water partition coefficient (Wildman–Crippen LogP) is 3.50. The molecule has 0 aliphatic carbocycles. The van der Waals surface area contributed by atoms with Crippen LogP contribution in [0.2, 0.25) is 10.0 Å². The zero-order valence-corrected chi connectivity index (χ0v) is 12.9. The third kappa shape index (κ3) is 4.27. The van der Waals surface area contributed by atoms with Crippen molar-refractivity contribution >= 4 is 34.9 Å². The highest BCUT2D eigenvalue weighted by atomic mass is 35.5. The maximum Gasteiger partial charge on any atom is 0.319 e. The number of halogens is 2. The molecule has 1 aliphatic rings. The minimum Gasteiger partial charge on any atom is -0.335 e. The molecule has 2 amide bonds. The van der Waals surface area contributed by atoms with Crippen LogP contribution in [0.25, 0.3) is 0 Å². The lowest BCUT2D eigenvalue weighted by molar-refractivity contribution is 0.238. The van der Waals surface area contributed by atoms with Crippen LogP contribution in [0.5, 0.6) is 0 Å². The van der Waals surface area contributed by atoms with Gasteiger partial charge in [0.05, 0.1) is 10.7 Å². The molecule has 2 atom stereocenters. The number of carbonyl (C=O) groups is 1. The van der Waals surface area contributed by atoms with Crippen LogP contribution in [0.15, 0.2) is 18.2 Å². The second-order valence-electron chi connectivity index (χ2n) is 5.12. The fourth-order valence-electron chi connectivity index (χ4n) is 2.38. The van der Waals surface area contributed by atoms with Gasteiger partial charge in [-0.2, -0.15) is 0 Å². The molecule has 4 nitrogen and oxygen atoms in total. The summed E-state index contributed by atoms with van der Waals surface area (Å²) >= 11 is 11.9. The fraction of sp³-hybridized carbons (Fsp3) is 0.500. The van der Waals surface area contributed by atoms with E-state index in [1.54, 1.807) is 18.2 Å². The molecule has 0 spiro atoms. The van der Waals surface area contributed by atoms with E-state index >= 15 is 0 Å². The standard InChI is InChI=1S/C14H19Cl2N3O/c1-9(10-3-2-6-17-8-10)18-14(20)19-13-7-11(15)4-5-12(13)16/h4-5,7,9-10,17H,2-3,6,8H2,1H3,(H2,18,19,20). The summed E-state index contributed by atoms with van der Waals surface area (Å²) in [6.45, 7) is 4.03. The first kappa shape index (κ1) is 15.4. The van der Waals surface area contributed by atoms with Crippen molar-refractivity contribution in [2.45, 2.75) is 25.8 Å². The van der Waals surface area contributed by atoms with Crippen molar-refractivity contribution in [3.63, 3.8) is 0 Å². The van der Waals surface area contributed by atoms with Crippen LogP contribution in [0.4, 0.5) is 10.5 Å². The Morgan fingerprint density at radius 3 is 2.95 bits per heavy atom. The summed E-state index contributed by atoms with van der Waals surface area (Å²) in [6.07, 6.45) is 2.28. The van der Waals surface area contributed by atoms with Gasteiger partial charge in [0.1, 0.15) is 0 Å². The number of piperidine rings is 1. The molecule has 1 aromatic rings. The minimum absolute atomic E-state index is 0.112. The van der Waals surface area contributed by atoms with Crippen LogP contribution in [0.1, 0.15) is 19.8 Å². The van der Waals surface area contributed by atoms with Crippen LogP contribution in [0.3, 0.4) is 0 Å². The lowest BCUT2D eigenvalue weighted by Gasteiger charge is -2.29. The number of hydrogen-bond acceptors (Lipinski definition) is 2. The average Bonchev–Trinajstić information content (AvgIpc) is 2.43. The highest BCUT2D eigenvalue weighted by Gasteiger charge is 2.21. The highest BCUT2D eigenvalue weighted by Crippen LogP contribution is 2.25. The van der Waals surface area contributed by atoms with Gasteiger partial charge in [-0.15, -0.1) is 0 Å². The van der Waals surface area contributed by atoms with Crippen molar-refractivity contribution in [2.24, 2.45) is 5.92 Å². The molecule has 1 aromatic carbocycles. The molecular weight excluding hydrogens is 297 g/mol. The van der Waals surface area contributed by atoms with Gasteiger partial charge in [0.15, 0.2) is 0 Å². The number of benzene rings is 1. The van der Waals surface area contributed by atoms with Gasteiger partial charge in [0, 0.05) is 11.1 Å². The fourth-order valence-corrected chi connectivity index (χ4v) is 2.72. The Hall–Kier alpha value is -0.970. The quantitative estimate of drug-likeness (QED) is 0.799. The third-order valence-electron chi connectivity index (χ3n) is 3.58. The number of nitrogens with one attached hydrogen (secondary N) is 3. The molecule has 20 heavy (non-hydrogen) atoms. The molecule has 1 aliphatic heterocycles. The summed E-state index contributed by atoms with van der Waals surface area (Å²) in [6, 6.07) is 4.83. The van der Waals surface area contributed by atoms with Crippen molar-refractivity contribution in [1.82, 2.24) is 10.6 Å². The number of urea groups is 1. The first-order valence-corrected chi connectivity index (χ1v) is 7.55. The van der Waals surface area contributed by atoms with Gasteiger partial charge >= 0.3 is 6.03 Å². The van der Waals surface area contributed by atoms with E-state index in [2.05, 4.69) is 16.0 Å². The van der Waals surface area contributed by atoms with E-state index in [1.165, 1.54) is 0 Å². The SMILES string of the molecule is CC(NC(=O)Nc1cc(Cl)ccc1Cl)C1CCCNC1. The summed E-state index contributed by atoms with van der Waals surface area (Å²) in [4.78, 5) is 12.0. The van der Waals surface area contributed by atoms with Gasteiger partial charge in [0.2, 0.25) is 0 Å². The Kier molecular flexibility index (Phi) is 5.52. The van der Waals surface area contributed by atoms with E-state index in [0.717, 1.165) is 25.9 Å². The van der Waals surface area contributed by atoms with Crippen molar-refractivity contribution in [1.29, 1.82) is 0 Å². The topological polar surface area (TPSA) is 53.2 Å². The summed E-state index contributed by atoms with van der Waals surface area (Å²) in [7, 11) is 0. The molecule has 2 rings (SSSR count). The van der Waals surface area contributed by atoms with Crippen LogP contribution in [-0.2, 0) is 0 Å². The lowest BCUT2D eigenvalue weighted by Crippen LogP contribution is -2.45. The van der Waals surface area contributed by atoms with Gasteiger partial charge in [-0.05, 0) is 57.0 Å². The molecule has 110 valence electrons. The first-order valence-electron chi connectivity index (χ1n) is 6.79. The number of rotatable bonds is 3. The second kappa shape index (κ2) is 7.16. The molecule has 0 aromatic heterocycles. The summed E-state index contributed by atoms with van der Waals surface area (Å²) in [5, 5.41) is 10.0. The first-order chi connectivity index (χ1) is 9.56. The average molecular weight is 316 g/mol. The van der Waals surface area contributed by atoms with Crippen LogP contribution < -0.4 is 16.0 Å². The molecule has 0 bridgehead atoms. The maximum atomic E-state index is 12.0. The number of amides is 2.